The summed E-state index contributed by atoms with van der Waals surface area (Å²) in [7, 11) is 1.64. The van der Waals surface area contributed by atoms with E-state index in [2.05, 4.69) is 5.32 Å². The quantitative estimate of drug-likeness (QED) is 0.629. The molecule has 2 amide bonds. The number of methoxy groups -OCH3 is 1. The van der Waals surface area contributed by atoms with E-state index in [1.54, 1.807) is 12.0 Å². The van der Waals surface area contributed by atoms with E-state index in [9.17, 15) is 9.59 Å². The van der Waals surface area contributed by atoms with Gasteiger partial charge in [0.15, 0.2) is 0 Å². The summed E-state index contributed by atoms with van der Waals surface area (Å²) in [6, 6.07) is 0. The number of nitrogens with zero attached hydrogens (tertiary/aromatic N) is 1. The van der Waals surface area contributed by atoms with Gasteiger partial charge in [0, 0.05) is 53.3 Å². The second kappa shape index (κ2) is 9.72. The lowest BCUT2D eigenvalue weighted by Crippen LogP contribution is -2.38. The molecule has 1 unspecified atom stereocenters. The number of carbonyl (C=O) groups is 2. The van der Waals surface area contributed by atoms with E-state index in [0.717, 1.165) is 25.9 Å². The smallest absolute Gasteiger partial charge is 0.221 e. The largest absolute Gasteiger partial charge is 0.385 e. The molecule has 1 saturated heterocycles. The Morgan fingerprint density at radius 1 is 1.45 bits per heavy atom. The van der Waals surface area contributed by atoms with E-state index >= 15 is 0 Å². The minimum absolute atomic E-state index is 0.00678. The first-order valence-electron chi connectivity index (χ1n) is 7.26. The fourth-order valence-electron chi connectivity index (χ4n) is 2.18. The van der Waals surface area contributed by atoms with Crippen molar-refractivity contribution in [3.63, 3.8) is 0 Å². The van der Waals surface area contributed by atoms with E-state index in [1.807, 2.05) is 0 Å². The van der Waals surface area contributed by atoms with E-state index in [4.69, 9.17) is 9.47 Å². The monoisotopic (exact) mass is 286 g/mol. The van der Waals surface area contributed by atoms with Crippen LogP contribution in [0, 0.1) is 0 Å². The van der Waals surface area contributed by atoms with Crippen molar-refractivity contribution in [2.24, 2.45) is 0 Å². The second-order valence-electron chi connectivity index (χ2n) is 5.05. The summed E-state index contributed by atoms with van der Waals surface area (Å²) in [4.78, 5) is 24.9. The predicted octanol–water partition coefficient (Wildman–Crippen LogP) is 0.557. The Morgan fingerprint density at radius 2 is 2.25 bits per heavy atom. The van der Waals surface area contributed by atoms with Crippen molar-refractivity contribution in [2.45, 2.75) is 38.7 Å². The van der Waals surface area contributed by atoms with Crippen LogP contribution in [0.3, 0.4) is 0 Å². The van der Waals surface area contributed by atoms with E-state index in [-0.39, 0.29) is 17.9 Å². The van der Waals surface area contributed by atoms with Crippen molar-refractivity contribution in [3.05, 3.63) is 0 Å². The van der Waals surface area contributed by atoms with Crippen LogP contribution in [0.25, 0.3) is 0 Å². The molecule has 0 bridgehead atoms. The van der Waals surface area contributed by atoms with Gasteiger partial charge in [0.1, 0.15) is 0 Å². The van der Waals surface area contributed by atoms with Gasteiger partial charge in [0.2, 0.25) is 11.8 Å². The van der Waals surface area contributed by atoms with Gasteiger partial charge in [-0.3, -0.25) is 9.59 Å². The molecule has 1 aliphatic rings. The molecule has 0 aromatic rings. The summed E-state index contributed by atoms with van der Waals surface area (Å²) in [6.07, 6.45) is 3.31. The van der Waals surface area contributed by atoms with Gasteiger partial charge in [-0.1, -0.05) is 0 Å². The summed E-state index contributed by atoms with van der Waals surface area (Å²) in [5, 5.41) is 2.82. The van der Waals surface area contributed by atoms with Crippen LogP contribution in [0.15, 0.2) is 0 Å². The minimum atomic E-state index is -0.0281. The molecule has 6 heteroatoms. The van der Waals surface area contributed by atoms with Crippen LogP contribution in [-0.2, 0) is 19.1 Å². The summed E-state index contributed by atoms with van der Waals surface area (Å²) in [5.74, 6) is -0.0348. The molecule has 1 N–H and O–H groups in total. The molecule has 0 aromatic heterocycles. The van der Waals surface area contributed by atoms with Crippen LogP contribution >= 0.6 is 0 Å². The van der Waals surface area contributed by atoms with E-state index < -0.39 is 0 Å². The van der Waals surface area contributed by atoms with Gasteiger partial charge in [-0.2, -0.15) is 0 Å². The highest BCUT2D eigenvalue weighted by Crippen LogP contribution is 2.13. The fraction of sp³-hybridized carbons (Fsp3) is 0.857. The summed E-state index contributed by atoms with van der Waals surface area (Å²) in [6.45, 7) is 4.59. The second-order valence-corrected chi connectivity index (χ2v) is 5.05. The molecule has 0 aromatic carbocycles. The maximum Gasteiger partial charge on any atom is 0.221 e. The summed E-state index contributed by atoms with van der Waals surface area (Å²) in [5.41, 5.74) is 0. The molecule has 116 valence electrons. The van der Waals surface area contributed by atoms with Crippen molar-refractivity contribution in [1.29, 1.82) is 0 Å². The Hall–Kier alpha value is -1.14. The highest BCUT2D eigenvalue weighted by atomic mass is 16.5. The molecule has 0 spiro atoms. The Labute approximate surface area is 120 Å². The molecule has 0 aliphatic carbocycles. The minimum Gasteiger partial charge on any atom is -0.385 e. The number of carbonyl (C=O) groups excluding carboxylic acids is 2. The molecule has 0 saturated carbocycles. The Bertz CT molecular complexity index is 304. The molecule has 6 nitrogen and oxygen atoms in total. The lowest BCUT2D eigenvalue weighted by atomic mass is 10.2. The van der Waals surface area contributed by atoms with Gasteiger partial charge in [-0.25, -0.2) is 0 Å². The summed E-state index contributed by atoms with van der Waals surface area (Å²) >= 11 is 0. The zero-order valence-corrected chi connectivity index (χ0v) is 12.5. The lowest BCUT2D eigenvalue weighted by Gasteiger charge is -2.23. The lowest BCUT2D eigenvalue weighted by molar-refractivity contribution is -0.131. The molecular weight excluding hydrogens is 260 g/mol. The first-order chi connectivity index (χ1) is 9.63. The number of amides is 2. The van der Waals surface area contributed by atoms with Crippen LogP contribution in [-0.4, -0.2) is 62.8 Å². The van der Waals surface area contributed by atoms with Crippen molar-refractivity contribution in [2.75, 3.05) is 40.0 Å². The number of hydrogen-bond donors (Lipinski definition) is 1. The molecule has 1 fully saturated rings. The number of ether oxygens (including phenoxy) is 2. The molecule has 1 rings (SSSR count). The third-order valence-corrected chi connectivity index (χ3v) is 3.35. The van der Waals surface area contributed by atoms with Crippen molar-refractivity contribution >= 4 is 11.8 Å². The Balaban J connectivity index is 2.20. The highest BCUT2D eigenvalue weighted by molar-refractivity contribution is 5.77. The van der Waals surface area contributed by atoms with E-state index in [0.29, 0.717) is 32.7 Å². The van der Waals surface area contributed by atoms with Gasteiger partial charge >= 0.3 is 0 Å². The van der Waals surface area contributed by atoms with Crippen molar-refractivity contribution < 1.29 is 19.1 Å². The molecule has 1 aliphatic heterocycles. The molecule has 0 radical (unpaired) electrons. The van der Waals surface area contributed by atoms with Crippen LogP contribution in [0.4, 0.5) is 0 Å². The number of rotatable bonds is 9. The average molecular weight is 286 g/mol. The third kappa shape index (κ3) is 6.86. The van der Waals surface area contributed by atoms with Gasteiger partial charge < -0.3 is 19.7 Å². The van der Waals surface area contributed by atoms with Crippen LogP contribution < -0.4 is 5.32 Å². The summed E-state index contributed by atoms with van der Waals surface area (Å²) < 4.78 is 10.4. The highest BCUT2D eigenvalue weighted by Gasteiger charge is 2.21. The van der Waals surface area contributed by atoms with E-state index in [1.165, 1.54) is 6.92 Å². The van der Waals surface area contributed by atoms with Gasteiger partial charge in [0.25, 0.3) is 0 Å². The molecule has 1 heterocycles. The van der Waals surface area contributed by atoms with Crippen LogP contribution in [0.2, 0.25) is 0 Å². The maximum atomic E-state index is 11.6. The Morgan fingerprint density at radius 3 is 2.85 bits per heavy atom. The van der Waals surface area contributed by atoms with Crippen molar-refractivity contribution in [3.8, 4) is 0 Å². The van der Waals surface area contributed by atoms with Gasteiger partial charge in [-0.15, -0.1) is 0 Å². The topological polar surface area (TPSA) is 67.9 Å². The average Bonchev–Trinajstić information content (AvgIpc) is 2.92. The SMILES string of the molecule is COCCCNC(=O)CCN(CC1CCCO1)C(C)=O. The van der Waals surface area contributed by atoms with Crippen molar-refractivity contribution in [1.82, 2.24) is 10.2 Å². The zero-order chi connectivity index (χ0) is 14.8. The van der Waals surface area contributed by atoms with Gasteiger partial charge in [-0.05, 0) is 19.3 Å². The first kappa shape index (κ1) is 16.9. The molecular formula is C14H26N2O4. The third-order valence-electron chi connectivity index (χ3n) is 3.35. The van der Waals surface area contributed by atoms with Crippen LogP contribution in [0.5, 0.6) is 0 Å². The fourth-order valence-corrected chi connectivity index (χ4v) is 2.18. The Kier molecular flexibility index (Phi) is 8.22. The predicted molar refractivity (Wildman–Crippen MR) is 75.3 cm³/mol. The number of hydrogen-bond acceptors (Lipinski definition) is 4. The molecule has 1 atom stereocenters. The first-order valence-corrected chi connectivity index (χ1v) is 7.26. The van der Waals surface area contributed by atoms with Gasteiger partial charge in [0.05, 0.1) is 6.10 Å². The van der Waals surface area contributed by atoms with Crippen LogP contribution in [0.1, 0.15) is 32.6 Å². The molecule has 20 heavy (non-hydrogen) atoms. The standard InChI is InChI=1S/C14H26N2O4/c1-12(17)16(11-13-5-3-10-20-13)8-6-14(18)15-7-4-9-19-2/h13H,3-11H2,1-2H3,(H,15,18). The normalized spacial score (nSPS) is 18.0. The zero-order valence-electron chi connectivity index (χ0n) is 12.5. The number of nitrogens with one attached hydrogen (secondary N) is 1. The maximum absolute atomic E-state index is 11.6.